The lowest BCUT2D eigenvalue weighted by molar-refractivity contribution is 0.109. The molecule has 0 aliphatic heterocycles. The number of rotatable bonds is 5. The Labute approximate surface area is 118 Å². The maximum absolute atomic E-state index is 10.0. The molecule has 3 unspecified atom stereocenters. The van der Waals surface area contributed by atoms with Crippen molar-refractivity contribution >= 4 is 25.0 Å². The quantitative estimate of drug-likeness (QED) is 0.679. The van der Waals surface area contributed by atoms with Gasteiger partial charge < -0.3 is 10.8 Å². The number of hydrogen-bond acceptors (Lipinski definition) is 3. The van der Waals surface area contributed by atoms with Crippen LogP contribution in [0.5, 0.6) is 0 Å². The fourth-order valence-electron chi connectivity index (χ4n) is 2.66. The first-order valence-corrected chi connectivity index (χ1v) is 7.15. The van der Waals surface area contributed by atoms with Crippen LogP contribution >= 0.6 is 25.0 Å². The van der Waals surface area contributed by atoms with Crippen LogP contribution < -0.4 is 5.73 Å². The van der Waals surface area contributed by atoms with E-state index in [1.54, 1.807) is 0 Å². The zero-order valence-electron chi connectivity index (χ0n) is 11.0. The Bertz CT molecular complexity index is 198. The van der Waals surface area contributed by atoms with Crippen molar-refractivity contribution in [2.24, 2.45) is 17.6 Å². The van der Waals surface area contributed by atoms with Crippen LogP contribution in [0, 0.1) is 11.8 Å². The Kier molecular flexibility index (Phi) is 8.91. The van der Waals surface area contributed by atoms with Gasteiger partial charge in [0.25, 0.3) is 0 Å². The monoisotopic (exact) mass is 281 g/mol. The molecule has 0 aromatic carbocycles. The van der Waals surface area contributed by atoms with Gasteiger partial charge >= 0.3 is 0 Å². The lowest BCUT2D eigenvalue weighted by Crippen LogP contribution is -2.46. The van der Waals surface area contributed by atoms with Crippen LogP contribution in [-0.2, 0) is 0 Å². The molecule has 17 heavy (non-hydrogen) atoms. The molecule has 1 rings (SSSR count). The van der Waals surface area contributed by atoms with Crippen LogP contribution in [-0.4, -0.2) is 22.5 Å². The Morgan fingerprint density at radius 2 is 1.76 bits per heavy atom. The highest BCUT2D eigenvalue weighted by Crippen LogP contribution is 2.31. The molecule has 1 aliphatic carbocycles. The number of hydrogen-bond donors (Lipinski definition) is 3. The van der Waals surface area contributed by atoms with E-state index in [1.807, 2.05) is 0 Å². The maximum Gasteiger partial charge on any atom is 0.0704 e. The summed E-state index contributed by atoms with van der Waals surface area (Å²) in [4.78, 5) is 0. The van der Waals surface area contributed by atoms with Gasteiger partial charge in [0.15, 0.2) is 0 Å². The molecule has 1 fully saturated rings. The first-order valence-electron chi connectivity index (χ1n) is 6.64. The van der Waals surface area contributed by atoms with E-state index in [0.29, 0.717) is 11.8 Å². The van der Waals surface area contributed by atoms with Crippen LogP contribution in [0.3, 0.4) is 0 Å². The van der Waals surface area contributed by atoms with Crippen molar-refractivity contribution in [3.8, 4) is 0 Å². The molecule has 1 aliphatic rings. The SMILES string of the molecule is CC(C)CC(O)C(N)C(S)C1CCCCC1.Cl. The zero-order chi connectivity index (χ0) is 12.1. The second kappa shape index (κ2) is 8.63. The van der Waals surface area contributed by atoms with Crippen LogP contribution in [0.15, 0.2) is 0 Å². The van der Waals surface area contributed by atoms with E-state index in [4.69, 9.17) is 5.73 Å². The van der Waals surface area contributed by atoms with E-state index in [2.05, 4.69) is 26.5 Å². The Balaban J connectivity index is 0.00000256. The number of nitrogens with two attached hydrogens (primary N) is 1. The number of aliphatic hydroxyl groups is 1. The molecule has 0 amide bonds. The van der Waals surface area contributed by atoms with Crippen molar-refractivity contribution in [2.75, 3.05) is 0 Å². The van der Waals surface area contributed by atoms with Gasteiger partial charge in [-0.05, 0) is 31.1 Å². The second-order valence-electron chi connectivity index (χ2n) is 5.66. The minimum atomic E-state index is -0.399. The van der Waals surface area contributed by atoms with E-state index in [1.165, 1.54) is 32.1 Å². The molecule has 1 saturated carbocycles. The Morgan fingerprint density at radius 3 is 2.24 bits per heavy atom. The van der Waals surface area contributed by atoms with Gasteiger partial charge in [0.2, 0.25) is 0 Å². The van der Waals surface area contributed by atoms with Gasteiger partial charge in [-0.3, -0.25) is 0 Å². The van der Waals surface area contributed by atoms with Gasteiger partial charge in [-0.2, -0.15) is 12.6 Å². The molecule has 0 saturated heterocycles. The molecule has 104 valence electrons. The highest BCUT2D eigenvalue weighted by molar-refractivity contribution is 7.81. The lowest BCUT2D eigenvalue weighted by Gasteiger charge is -2.33. The molecule has 3 atom stereocenters. The van der Waals surface area contributed by atoms with Crippen molar-refractivity contribution in [3.05, 3.63) is 0 Å². The summed E-state index contributed by atoms with van der Waals surface area (Å²) in [5.74, 6) is 1.10. The number of halogens is 1. The molecule has 0 bridgehead atoms. The predicted molar refractivity (Wildman–Crippen MR) is 80.0 cm³/mol. The molecule has 0 heterocycles. The van der Waals surface area contributed by atoms with E-state index < -0.39 is 6.10 Å². The zero-order valence-corrected chi connectivity index (χ0v) is 12.7. The molecule has 4 heteroatoms. The predicted octanol–water partition coefficient (Wildman–Crippen LogP) is 3.02. The van der Waals surface area contributed by atoms with Gasteiger partial charge in [0.1, 0.15) is 0 Å². The van der Waals surface area contributed by atoms with Crippen LogP contribution in [0.25, 0.3) is 0 Å². The van der Waals surface area contributed by atoms with E-state index in [9.17, 15) is 5.11 Å². The minimum Gasteiger partial charge on any atom is -0.391 e. The van der Waals surface area contributed by atoms with E-state index in [-0.39, 0.29) is 23.7 Å². The number of thiol groups is 1. The fraction of sp³-hybridized carbons (Fsp3) is 1.00. The van der Waals surface area contributed by atoms with Gasteiger partial charge in [-0.25, -0.2) is 0 Å². The number of aliphatic hydroxyl groups excluding tert-OH is 1. The van der Waals surface area contributed by atoms with Crippen LogP contribution in [0.1, 0.15) is 52.4 Å². The van der Waals surface area contributed by atoms with Crippen molar-refractivity contribution in [1.82, 2.24) is 0 Å². The van der Waals surface area contributed by atoms with Crippen LogP contribution in [0.4, 0.5) is 0 Å². The first-order chi connectivity index (χ1) is 7.52. The van der Waals surface area contributed by atoms with Crippen molar-refractivity contribution in [1.29, 1.82) is 0 Å². The molecule has 0 aromatic heterocycles. The average molecular weight is 282 g/mol. The highest BCUT2D eigenvalue weighted by atomic mass is 35.5. The Morgan fingerprint density at radius 1 is 1.24 bits per heavy atom. The molecule has 3 N–H and O–H groups in total. The summed E-state index contributed by atoms with van der Waals surface area (Å²) in [6.45, 7) is 4.23. The maximum atomic E-state index is 10.0. The molecule has 0 radical (unpaired) electrons. The summed E-state index contributed by atoms with van der Waals surface area (Å²) in [5.41, 5.74) is 6.11. The largest absolute Gasteiger partial charge is 0.391 e. The fourth-order valence-corrected chi connectivity index (χ4v) is 3.15. The summed E-state index contributed by atoms with van der Waals surface area (Å²) in [7, 11) is 0. The summed E-state index contributed by atoms with van der Waals surface area (Å²) in [5, 5.41) is 10.2. The molecule has 0 spiro atoms. The van der Waals surface area contributed by atoms with Gasteiger partial charge in [-0.15, -0.1) is 12.4 Å². The molecule has 0 aromatic rings. The second-order valence-corrected chi connectivity index (χ2v) is 6.26. The van der Waals surface area contributed by atoms with Gasteiger partial charge in [0, 0.05) is 11.3 Å². The standard InChI is InChI=1S/C13H27NOS.ClH/c1-9(2)8-11(15)12(14)13(16)10-6-4-3-5-7-10;/h9-13,15-16H,3-8,14H2,1-2H3;1H. The first kappa shape index (κ1) is 17.6. The third-order valence-electron chi connectivity index (χ3n) is 3.68. The Hall–Kier alpha value is 0.560. The van der Waals surface area contributed by atoms with Crippen molar-refractivity contribution < 1.29 is 5.11 Å². The molecular formula is C13H28ClNOS. The lowest BCUT2D eigenvalue weighted by atomic mass is 9.82. The van der Waals surface area contributed by atoms with Crippen molar-refractivity contribution in [3.63, 3.8) is 0 Å². The smallest absolute Gasteiger partial charge is 0.0704 e. The van der Waals surface area contributed by atoms with E-state index >= 15 is 0 Å². The third-order valence-corrected chi connectivity index (χ3v) is 4.45. The van der Waals surface area contributed by atoms with Crippen LogP contribution in [0.2, 0.25) is 0 Å². The topological polar surface area (TPSA) is 46.2 Å². The summed E-state index contributed by atoms with van der Waals surface area (Å²) in [6, 6.07) is -0.172. The molecule has 2 nitrogen and oxygen atoms in total. The summed E-state index contributed by atoms with van der Waals surface area (Å²) >= 11 is 4.64. The molecular weight excluding hydrogens is 254 g/mol. The summed E-state index contributed by atoms with van der Waals surface area (Å²) in [6.07, 6.45) is 6.80. The normalized spacial score (nSPS) is 22.9. The summed E-state index contributed by atoms with van der Waals surface area (Å²) < 4.78 is 0. The third kappa shape index (κ3) is 5.82. The van der Waals surface area contributed by atoms with Crippen molar-refractivity contribution in [2.45, 2.75) is 69.8 Å². The average Bonchev–Trinajstić information content (AvgIpc) is 2.27. The minimum absolute atomic E-state index is 0. The highest BCUT2D eigenvalue weighted by Gasteiger charge is 2.29. The van der Waals surface area contributed by atoms with E-state index in [0.717, 1.165) is 6.42 Å². The van der Waals surface area contributed by atoms with Gasteiger partial charge in [-0.1, -0.05) is 33.1 Å². The van der Waals surface area contributed by atoms with Gasteiger partial charge in [0.05, 0.1) is 6.10 Å².